The lowest BCUT2D eigenvalue weighted by Crippen LogP contribution is -2.61. The molecule has 11 atom stereocenters. The number of hydrogen-bond acceptors (Lipinski definition) is 19. The molecule has 594 valence electrons. The van der Waals surface area contributed by atoms with E-state index in [0.29, 0.717) is 51.3 Å². The van der Waals surface area contributed by atoms with Gasteiger partial charge in [-0.1, -0.05) is 102 Å². The van der Waals surface area contributed by atoms with Crippen LogP contribution in [-0.2, 0) is 86.3 Å². The second kappa shape index (κ2) is 45.9. The molecule has 35 heteroatoms. The Morgan fingerprint density at radius 2 is 0.917 bits per heavy atom. The number of fused-ring (bicyclic) bond motifs is 2. The van der Waals surface area contributed by atoms with Crippen LogP contribution in [0, 0.1) is 11.8 Å². The maximum atomic E-state index is 15.0. The van der Waals surface area contributed by atoms with Crippen molar-refractivity contribution in [3.05, 3.63) is 115 Å². The number of benzene rings is 3. The maximum Gasteiger partial charge on any atom is 0.407 e. The minimum Gasteiger partial charge on any atom is -0.508 e. The number of primary amides is 2. The largest absolute Gasteiger partial charge is 0.508 e. The van der Waals surface area contributed by atoms with E-state index in [2.05, 4.69) is 80.3 Å². The summed E-state index contributed by atoms with van der Waals surface area (Å²) in [5, 5.41) is 42.5. The van der Waals surface area contributed by atoms with Gasteiger partial charge >= 0.3 is 6.09 Å². The van der Waals surface area contributed by atoms with Gasteiger partial charge in [0.15, 0.2) is 0 Å². The van der Waals surface area contributed by atoms with Crippen molar-refractivity contribution in [2.45, 2.75) is 172 Å². The summed E-state index contributed by atoms with van der Waals surface area (Å²) in [5.74, 6) is -11.9. The number of carbonyl (C=O) groups excluding carboxylic acids is 14. The Morgan fingerprint density at radius 3 is 1.40 bits per heavy atom. The molecule has 1 unspecified atom stereocenters. The summed E-state index contributed by atoms with van der Waals surface area (Å²) in [4.78, 5) is 200. The van der Waals surface area contributed by atoms with Gasteiger partial charge in [-0.05, 0) is 117 Å². The molecule has 0 saturated heterocycles. The number of hydrogen-bond donors (Lipinski definition) is 20. The summed E-state index contributed by atoms with van der Waals surface area (Å²) in [6.07, 6.45) is 4.06. The van der Waals surface area contributed by atoms with Crippen molar-refractivity contribution in [3.63, 3.8) is 0 Å². The van der Waals surface area contributed by atoms with E-state index in [4.69, 9.17) is 33.4 Å². The molecule has 109 heavy (non-hydrogen) atoms. The first-order valence-electron chi connectivity index (χ1n) is 36.4. The Balaban J connectivity index is 1.39. The average molecular weight is 1520 g/mol. The number of aromatic amines is 2. The Hall–Kier alpha value is -11.5. The van der Waals surface area contributed by atoms with E-state index in [1.54, 1.807) is 74.8 Å². The van der Waals surface area contributed by atoms with Crippen molar-refractivity contribution in [1.29, 1.82) is 0 Å². The Bertz CT molecular complexity index is 3920. The number of phenolic OH excluding ortho intramolecular Hbond substituents is 1. The van der Waals surface area contributed by atoms with Gasteiger partial charge in [-0.3, -0.25) is 62.3 Å². The first-order chi connectivity index (χ1) is 52.1. The molecule has 0 saturated carbocycles. The molecule has 0 aliphatic heterocycles. The van der Waals surface area contributed by atoms with E-state index < -0.39 is 169 Å². The van der Waals surface area contributed by atoms with Crippen LogP contribution in [0.5, 0.6) is 5.75 Å². The molecule has 0 aliphatic carbocycles. The lowest BCUT2D eigenvalue weighted by Gasteiger charge is -2.28. The highest BCUT2D eigenvalue weighted by molar-refractivity contribution is 6.00. The number of nitrogens with one attached hydrogen (secondary N) is 14. The van der Waals surface area contributed by atoms with Crippen LogP contribution in [-0.4, -0.2) is 198 Å². The molecule has 2 aromatic heterocycles. The highest BCUT2D eigenvalue weighted by atomic mass is 16.5. The molecule has 35 nitrogen and oxygen atoms in total. The van der Waals surface area contributed by atoms with Crippen LogP contribution in [0.3, 0.4) is 0 Å². The number of amides is 14. The number of aromatic nitrogens is 2. The fourth-order valence-corrected chi connectivity index (χ4v) is 11.6. The lowest BCUT2D eigenvalue weighted by atomic mass is 9.97. The van der Waals surface area contributed by atoms with Crippen molar-refractivity contribution >= 4 is 105 Å². The first-order valence-corrected chi connectivity index (χ1v) is 36.4. The standard InChI is InChI=1S/C74H107N19O16/c1-6-32-109-74(108)84-39-59(72(106)93-64(43(5)8-3)73(107)82-40-61(79)96)92-70(104)57(35-46-38-81-51-19-12-10-17-49(46)51)90-66(100)53(21-14-30-76)85-63(98)41-83-65(99)52(20-13-29-75)87-67(101)54(22-15-31-77)88-69(103)56(34-45-37-80-50-18-11-9-16-48(45)50)91-68(102)55(33-44-24-26-47(94)27-25-44)89-71(105)58(36-60(78)95)86-62(97)28-23-42(4)7-2/h6,9-12,16-19,24-27,37-38,42-43,52-59,64,80-81,94H,1,7-8,13-15,20-23,28-36,39-41,75-77H2,2-5H3,(H2,78,95)(H2,79,96)(H,82,107)(H,83,99)(H,84,108)(H,85,98)(H,86,97)(H,87,101)(H,88,103)(H,89,105)(H,90,100)(H,91,102)(H,92,104)(H,93,106)/t42?,43-,52-,53+,54+,55+,56+,57-,58+,59-,64-/m0/s1. The topological polar surface area (TPSA) is 574 Å². The molecule has 5 rings (SSSR count). The highest BCUT2D eigenvalue weighted by Crippen LogP contribution is 2.22. The van der Waals surface area contributed by atoms with Crippen LogP contribution in [0.25, 0.3) is 21.8 Å². The number of para-hydroxylation sites is 2. The molecular formula is C74H107N19O16. The summed E-state index contributed by atoms with van der Waals surface area (Å²) < 4.78 is 5.03. The average Bonchev–Trinajstić information content (AvgIpc) is 1.72. The van der Waals surface area contributed by atoms with E-state index >= 15 is 0 Å². The van der Waals surface area contributed by atoms with Gasteiger partial charge in [-0.25, -0.2) is 4.79 Å². The zero-order valence-electron chi connectivity index (χ0n) is 62.0. The van der Waals surface area contributed by atoms with Gasteiger partial charge in [0.2, 0.25) is 76.8 Å². The Labute approximate surface area is 631 Å². The molecule has 0 fully saturated rings. The SMILES string of the molecule is C=CCOC(=O)NC[C@H](NC(=O)[C@H](Cc1c[nH]c2ccccc12)NC(=O)[C@@H](CCCN)NC(=O)CNC(=O)[C@H](CCCN)NC(=O)[C@@H](CCCN)NC(=O)[C@@H](Cc1c[nH]c2ccccc12)NC(=O)[C@@H](Cc1ccc(O)cc1)NC(=O)[C@@H](CC(N)=O)NC(=O)CCC(C)CC)C(=O)N[C@H](C(=O)NCC(N)=O)[C@@H](C)CC. The minimum absolute atomic E-state index is 0.0285. The van der Waals surface area contributed by atoms with Crippen molar-refractivity contribution in [1.82, 2.24) is 73.8 Å². The molecule has 0 aliphatic rings. The number of nitrogens with two attached hydrogens (primary N) is 5. The summed E-state index contributed by atoms with van der Waals surface area (Å²) >= 11 is 0. The quantitative estimate of drug-likeness (QED) is 0.0194. The third kappa shape index (κ3) is 29.7. The van der Waals surface area contributed by atoms with Gasteiger partial charge in [0.25, 0.3) is 0 Å². The number of ether oxygens (including phenoxy) is 1. The van der Waals surface area contributed by atoms with Crippen molar-refractivity contribution in [3.8, 4) is 5.75 Å². The van der Waals surface area contributed by atoms with Gasteiger partial charge in [0, 0.05) is 59.9 Å². The molecule has 3 aromatic carbocycles. The number of H-pyrrole nitrogens is 2. The normalized spacial score (nSPS) is 14.1. The molecular weight excluding hydrogens is 1410 g/mol. The van der Waals surface area contributed by atoms with Crippen LogP contribution in [0.15, 0.2) is 97.8 Å². The van der Waals surface area contributed by atoms with E-state index in [-0.39, 0.29) is 102 Å². The van der Waals surface area contributed by atoms with E-state index in [9.17, 15) is 72.2 Å². The number of aromatic hydroxyl groups is 1. The number of rotatable bonds is 49. The monoisotopic (exact) mass is 1520 g/mol. The van der Waals surface area contributed by atoms with Gasteiger partial charge in [-0.2, -0.15) is 0 Å². The molecule has 0 radical (unpaired) electrons. The van der Waals surface area contributed by atoms with Crippen LogP contribution in [0.1, 0.15) is 115 Å². The van der Waals surface area contributed by atoms with Gasteiger partial charge in [0.05, 0.1) is 26.1 Å². The predicted molar refractivity (Wildman–Crippen MR) is 405 cm³/mol. The second-order valence-electron chi connectivity index (χ2n) is 26.7. The van der Waals surface area contributed by atoms with Gasteiger partial charge in [0.1, 0.15) is 66.7 Å². The van der Waals surface area contributed by atoms with Crippen molar-refractivity contribution in [2.75, 3.05) is 45.9 Å². The van der Waals surface area contributed by atoms with Gasteiger partial charge in [-0.15, -0.1) is 0 Å². The number of phenols is 1. The molecule has 2 heterocycles. The lowest BCUT2D eigenvalue weighted by molar-refractivity contribution is -0.136. The molecule has 25 N–H and O–H groups in total. The zero-order valence-corrected chi connectivity index (χ0v) is 62.0. The smallest absolute Gasteiger partial charge is 0.407 e. The fourth-order valence-electron chi connectivity index (χ4n) is 11.6. The van der Waals surface area contributed by atoms with Gasteiger partial charge < -0.3 is 112 Å². The van der Waals surface area contributed by atoms with Crippen LogP contribution in [0.2, 0.25) is 0 Å². The summed E-state index contributed by atoms with van der Waals surface area (Å²) in [5.41, 5.74) is 31.4. The molecule has 0 bridgehead atoms. The first kappa shape index (κ1) is 88.2. The van der Waals surface area contributed by atoms with Crippen LogP contribution in [0.4, 0.5) is 4.79 Å². The zero-order chi connectivity index (χ0) is 80.1. The summed E-state index contributed by atoms with van der Waals surface area (Å²) in [6.45, 7) is 8.77. The Kier molecular flexibility index (Phi) is 37.1. The number of alkyl carbamates (subject to hydrolysis) is 1. The second-order valence-corrected chi connectivity index (χ2v) is 26.7. The maximum absolute atomic E-state index is 15.0. The number of carbonyl (C=O) groups is 14. The van der Waals surface area contributed by atoms with Crippen LogP contribution < -0.4 is 92.5 Å². The van der Waals surface area contributed by atoms with E-state index in [1.807, 2.05) is 13.8 Å². The highest BCUT2D eigenvalue weighted by Gasteiger charge is 2.37. The predicted octanol–water partition coefficient (Wildman–Crippen LogP) is -1.66. The molecule has 14 amide bonds. The van der Waals surface area contributed by atoms with Crippen molar-refractivity contribution in [2.24, 2.45) is 40.5 Å². The van der Waals surface area contributed by atoms with Crippen molar-refractivity contribution < 1.29 is 77.0 Å². The fraction of sp³-hybridized carbons (Fsp3) is 0.486. The van der Waals surface area contributed by atoms with E-state index in [0.717, 1.165) is 6.42 Å². The Morgan fingerprint density at radius 1 is 0.477 bits per heavy atom. The minimum atomic E-state index is -1.65. The summed E-state index contributed by atoms with van der Waals surface area (Å²) in [7, 11) is 0. The molecule has 0 spiro atoms. The van der Waals surface area contributed by atoms with E-state index in [1.165, 1.54) is 30.3 Å². The third-order valence-corrected chi connectivity index (χ3v) is 18.2. The third-order valence-electron chi connectivity index (χ3n) is 18.2. The summed E-state index contributed by atoms with van der Waals surface area (Å²) in [6, 6.07) is 6.62. The van der Waals surface area contributed by atoms with Crippen LogP contribution >= 0.6 is 0 Å². The molecule has 5 aromatic rings.